The van der Waals surface area contributed by atoms with E-state index in [9.17, 15) is 14.7 Å². The summed E-state index contributed by atoms with van der Waals surface area (Å²) in [5.41, 5.74) is 1.73. The Bertz CT molecular complexity index is 1160. The van der Waals surface area contributed by atoms with Gasteiger partial charge in [0.05, 0.1) is 36.4 Å². The third-order valence-corrected chi connectivity index (χ3v) is 6.87. The van der Waals surface area contributed by atoms with E-state index in [1.165, 1.54) is 25.2 Å². The van der Waals surface area contributed by atoms with Crippen molar-refractivity contribution in [3.63, 3.8) is 0 Å². The highest BCUT2D eigenvalue weighted by atomic mass is 35.5. The standard InChI is InChI=1S/C26H30Cl2N2O5/c1-6-29(7-2)11-12-30-21(16-10-8-9-15(3)13-16)19(23(32)26(30)33)22(31)17-14-18(27)25(35-5)20(28)24(17)34-4/h8-10,13-14,21,31H,6-7,11-12H2,1-5H3/b22-19+. The van der Waals surface area contributed by atoms with E-state index >= 15 is 0 Å². The van der Waals surface area contributed by atoms with Crippen molar-refractivity contribution in [1.29, 1.82) is 0 Å². The van der Waals surface area contributed by atoms with E-state index < -0.39 is 23.5 Å². The number of likely N-dealkylation sites (N-methyl/N-ethyl adjacent to an activating group) is 1. The molecule has 1 unspecified atom stereocenters. The van der Waals surface area contributed by atoms with Crippen LogP contribution in [-0.2, 0) is 9.59 Å². The zero-order valence-electron chi connectivity index (χ0n) is 20.5. The lowest BCUT2D eigenvalue weighted by Crippen LogP contribution is -2.38. The number of hydrogen-bond acceptors (Lipinski definition) is 6. The number of carbonyl (C=O) groups is 2. The Labute approximate surface area is 215 Å². The highest BCUT2D eigenvalue weighted by molar-refractivity contribution is 6.47. The number of halogens is 2. The fourth-order valence-corrected chi connectivity index (χ4v) is 5.07. The topological polar surface area (TPSA) is 79.3 Å². The van der Waals surface area contributed by atoms with Gasteiger partial charge in [0.2, 0.25) is 0 Å². The average molecular weight is 521 g/mol. The van der Waals surface area contributed by atoms with Crippen LogP contribution in [0.4, 0.5) is 0 Å². The second-order valence-electron chi connectivity index (χ2n) is 8.22. The van der Waals surface area contributed by atoms with Crippen LogP contribution >= 0.6 is 23.2 Å². The van der Waals surface area contributed by atoms with Crippen LogP contribution in [0.5, 0.6) is 11.5 Å². The van der Waals surface area contributed by atoms with Gasteiger partial charge in [-0.2, -0.15) is 0 Å². The highest BCUT2D eigenvalue weighted by Gasteiger charge is 2.46. The Morgan fingerprint density at radius 1 is 1.09 bits per heavy atom. The van der Waals surface area contributed by atoms with E-state index in [0.29, 0.717) is 13.1 Å². The molecule has 35 heavy (non-hydrogen) atoms. The molecule has 1 aliphatic rings. The fraction of sp³-hybridized carbons (Fsp3) is 0.385. The van der Waals surface area contributed by atoms with Crippen LogP contribution in [0.15, 0.2) is 35.9 Å². The number of carbonyl (C=O) groups excluding carboxylic acids is 2. The maximum Gasteiger partial charge on any atom is 0.295 e. The Morgan fingerprint density at radius 2 is 1.74 bits per heavy atom. The summed E-state index contributed by atoms with van der Waals surface area (Å²) in [5.74, 6) is -1.60. The second kappa shape index (κ2) is 11.3. The van der Waals surface area contributed by atoms with Gasteiger partial charge in [-0.15, -0.1) is 0 Å². The normalized spacial score (nSPS) is 17.4. The predicted molar refractivity (Wildman–Crippen MR) is 138 cm³/mol. The maximum atomic E-state index is 13.3. The van der Waals surface area contributed by atoms with Crippen molar-refractivity contribution in [2.45, 2.75) is 26.8 Å². The number of nitrogens with zero attached hydrogens (tertiary/aromatic N) is 2. The lowest BCUT2D eigenvalue weighted by atomic mass is 9.94. The zero-order valence-corrected chi connectivity index (χ0v) is 22.0. The number of rotatable bonds is 9. The molecule has 1 amide bonds. The van der Waals surface area contributed by atoms with E-state index in [2.05, 4.69) is 4.90 Å². The lowest BCUT2D eigenvalue weighted by molar-refractivity contribution is -0.140. The van der Waals surface area contributed by atoms with Gasteiger partial charge in [0.1, 0.15) is 10.8 Å². The molecule has 2 aromatic carbocycles. The monoisotopic (exact) mass is 520 g/mol. The summed E-state index contributed by atoms with van der Waals surface area (Å²) in [4.78, 5) is 30.2. The minimum absolute atomic E-state index is 0.0456. The van der Waals surface area contributed by atoms with Gasteiger partial charge in [-0.25, -0.2) is 0 Å². The van der Waals surface area contributed by atoms with Crippen LogP contribution in [-0.4, -0.2) is 67.0 Å². The summed E-state index contributed by atoms with van der Waals surface area (Å²) >= 11 is 12.8. The molecule has 3 rings (SSSR count). The first kappa shape index (κ1) is 26.9. The molecule has 9 heteroatoms. The van der Waals surface area contributed by atoms with Gasteiger partial charge < -0.3 is 24.4 Å². The molecule has 0 spiro atoms. The van der Waals surface area contributed by atoms with Crippen molar-refractivity contribution < 1.29 is 24.2 Å². The molecule has 2 aromatic rings. The first-order valence-electron chi connectivity index (χ1n) is 11.4. The first-order chi connectivity index (χ1) is 16.7. The van der Waals surface area contributed by atoms with Gasteiger partial charge in [-0.3, -0.25) is 9.59 Å². The molecule has 0 saturated carbocycles. The Morgan fingerprint density at radius 3 is 2.31 bits per heavy atom. The number of benzene rings is 2. The smallest absolute Gasteiger partial charge is 0.295 e. The summed E-state index contributed by atoms with van der Waals surface area (Å²) in [6, 6.07) is 8.16. The molecule has 188 valence electrons. The molecule has 1 N–H and O–H groups in total. The number of likely N-dealkylation sites (tertiary alicyclic amines) is 1. The summed E-state index contributed by atoms with van der Waals surface area (Å²) in [6.45, 7) is 8.55. The summed E-state index contributed by atoms with van der Waals surface area (Å²) in [6.07, 6.45) is 0. The Hall–Kier alpha value is -2.74. The van der Waals surface area contributed by atoms with E-state index in [-0.39, 0.29) is 32.7 Å². The maximum absolute atomic E-state index is 13.3. The first-order valence-corrected chi connectivity index (χ1v) is 12.1. The summed E-state index contributed by atoms with van der Waals surface area (Å²) in [5, 5.41) is 11.6. The number of aliphatic hydroxyl groups excluding tert-OH is 1. The number of Topliss-reactive ketones (excluding diaryl/α,β-unsaturated/α-hetero) is 1. The molecule has 1 atom stereocenters. The molecule has 0 aliphatic carbocycles. The van der Waals surface area contributed by atoms with Crippen molar-refractivity contribution in [3.05, 3.63) is 62.6 Å². The van der Waals surface area contributed by atoms with Gasteiger partial charge in [0, 0.05) is 13.1 Å². The van der Waals surface area contributed by atoms with Crippen molar-refractivity contribution in [3.8, 4) is 11.5 Å². The number of methoxy groups -OCH3 is 2. The van der Waals surface area contributed by atoms with Gasteiger partial charge >= 0.3 is 0 Å². The average Bonchev–Trinajstić information content (AvgIpc) is 3.09. The van der Waals surface area contributed by atoms with E-state index in [1.807, 2.05) is 45.0 Å². The third-order valence-electron chi connectivity index (χ3n) is 6.24. The second-order valence-corrected chi connectivity index (χ2v) is 9.01. The van der Waals surface area contributed by atoms with Gasteiger partial charge in [0.25, 0.3) is 11.7 Å². The van der Waals surface area contributed by atoms with Crippen molar-refractivity contribution in [2.75, 3.05) is 40.4 Å². The molecule has 1 heterocycles. The van der Waals surface area contributed by atoms with E-state index in [0.717, 1.165) is 24.2 Å². The molecule has 1 saturated heterocycles. The highest BCUT2D eigenvalue weighted by Crippen LogP contribution is 2.47. The lowest BCUT2D eigenvalue weighted by Gasteiger charge is -2.28. The molecule has 7 nitrogen and oxygen atoms in total. The minimum atomic E-state index is -0.783. The van der Waals surface area contributed by atoms with Crippen LogP contribution in [0.2, 0.25) is 10.0 Å². The Kier molecular flexibility index (Phi) is 8.70. The molecule has 0 bridgehead atoms. The molecular weight excluding hydrogens is 491 g/mol. The third kappa shape index (κ3) is 5.13. The largest absolute Gasteiger partial charge is 0.507 e. The number of aryl methyl sites for hydroxylation is 1. The molecule has 1 fully saturated rings. The number of ketones is 1. The number of hydrogen-bond donors (Lipinski definition) is 1. The van der Waals surface area contributed by atoms with Gasteiger partial charge in [0.15, 0.2) is 11.5 Å². The molecule has 0 aromatic heterocycles. The summed E-state index contributed by atoms with van der Waals surface area (Å²) < 4.78 is 10.7. The van der Waals surface area contributed by atoms with Crippen LogP contribution < -0.4 is 9.47 Å². The molecular formula is C26H30Cl2N2O5. The Balaban J connectivity index is 2.23. The van der Waals surface area contributed by atoms with Gasteiger partial charge in [-0.1, -0.05) is 66.9 Å². The van der Waals surface area contributed by atoms with Gasteiger partial charge in [-0.05, 0) is 31.6 Å². The minimum Gasteiger partial charge on any atom is -0.507 e. The van der Waals surface area contributed by atoms with E-state index in [1.54, 1.807) is 0 Å². The summed E-state index contributed by atoms with van der Waals surface area (Å²) in [7, 11) is 2.79. The van der Waals surface area contributed by atoms with Crippen LogP contribution in [0.1, 0.15) is 36.6 Å². The number of aliphatic hydroxyl groups is 1. The fourth-order valence-electron chi connectivity index (χ4n) is 4.38. The molecule has 0 radical (unpaired) electrons. The number of amides is 1. The van der Waals surface area contributed by atoms with Crippen molar-refractivity contribution >= 4 is 40.7 Å². The number of ether oxygens (including phenoxy) is 2. The SMILES string of the molecule is CCN(CC)CCN1C(=O)C(=O)/C(=C(/O)c2cc(Cl)c(OC)c(Cl)c2OC)C1c1cccc(C)c1. The quantitative estimate of drug-likeness (QED) is 0.282. The molecule has 1 aliphatic heterocycles. The zero-order chi connectivity index (χ0) is 25.9. The predicted octanol–water partition coefficient (Wildman–Crippen LogP) is 5.08. The van der Waals surface area contributed by atoms with Crippen molar-refractivity contribution in [2.24, 2.45) is 0 Å². The van der Waals surface area contributed by atoms with Crippen LogP contribution in [0.25, 0.3) is 5.76 Å². The van der Waals surface area contributed by atoms with Crippen LogP contribution in [0.3, 0.4) is 0 Å². The van der Waals surface area contributed by atoms with Crippen LogP contribution in [0, 0.1) is 6.92 Å². The van der Waals surface area contributed by atoms with E-state index in [4.69, 9.17) is 32.7 Å². The van der Waals surface area contributed by atoms with Crippen molar-refractivity contribution in [1.82, 2.24) is 9.80 Å².